The van der Waals surface area contributed by atoms with Gasteiger partial charge in [0.05, 0.1) is 20.3 Å². The maximum atomic E-state index is 11.5. The molecule has 2 rings (SSSR count). The SMILES string of the molecule is COc1cc(OC)nc(C(Cc2ccccc2)C(=O)O)n1. The van der Waals surface area contributed by atoms with E-state index in [1.165, 1.54) is 20.3 Å². The molecule has 0 fully saturated rings. The Kier molecular flexibility index (Phi) is 4.71. The summed E-state index contributed by atoms with van der Waals surface area (Å²) in [6.45, 7) is 0. The van der Waals surface area contributed by atoms with Crippen LogP contribution in [0.4, 0.5) is 0 Å². The summed E-state index contributed by atoms with van der Waals surface area (Å²) in [5, 5.41) is 9.45. The van der Waals surface area contributed by atoms with Crippen LogP contribution in [0.5, 0.6) is 11.8 Å². The number of rotatable bonds is 6. The number of hydrogen-bond donors (Lipinski definition) is 1. The Balaban J connectivity index is 2.36. The monoisotopic (exact) mass is 288 g/mol. The molecule has 0 aliphatic heterocycles. The first-order valence-electron chi connectivity index (χ1n) is 6.37. The van der Waals surface area contributed by atoms with Crippen LogP contribution in [0.2, 0.25) is 0 Å². The van der Waals surface area contributed by atoms with Crippen molar-refractivity contribution < 1.29 is 19.4 Å². The van der Waals surface area contributed by atoms with Crippen molar-refractivity contribution in [1.82, 2.24) is 9.97 Å². The van der Waals surface area contributed by atoms with Gasteiger partial charge in [0, 0.05) is 0 Å². The van der Waals surface area contributed by atoms with Gasteiger partial charge in [0.25, 0.3) is 0 Å². The lowest BCUT2D eigenvalue weighted by molar-refractivity contribution is -0.139. The van der Waals surface area contributed by atoms with E-state index in [1.54, 1.807) is 0 Å². The molecule has 0 bridgehead atoms. The quantitative estimate of drug-likeness (QED) is 0.874. The number of ether oxygens (including phenoxy) is 2. The molecule has 2 aromatic rings. The van der Waals surface area contributed by atoms with Gasteiger partial charge in [0.1, 0.15) is 5.92 Å². The number of hydrogen-bond acceptors (Lipinski definition) is 5. The average Bonchev–Trinajstić information content (AvgIpc) is 2.52. The molecule has 1 atom stereocenters. The Morgan fingerprint density at radius 3 is 2.19 bits per heavy atom. The molecule has 1 heterocycles. The van der Waals surface area contributed by atoms with Crippen LogP contribution in [0.25, 0.3) is 0 Å². The van der Waals surface area contributed by atoms with Gasteiger partial charge in [-0.1, -0.05) is 30.3 Å². The molecule has 0 saturated heterocycles. The Morgan fingerprint density at radius 2 is 1.71 bits per heavy atom. The molecule has 0 aliphatic rings. The summed E-state index contributed by atoms with van der Waals surface area (Å²) in [6.07, 6.45) is 0.298. The van der Waals surface area contributed by atoms with E-state index in [1.807, 2.05) is 30.3 Å². The van der Waals surface area contributed by atoms with E-state index < -0.39 is 11.9 Å². The number of aliphatic carboxylic acids is 1. The summed E-state index contributed by atoms with van der Waals surface area (Å²) >= 11 is 0. The topological polar surface area (TPSA) is 81.5 Å². The molecule has 0 aliphatic carbocycles. The molecule has 110 valence electrons. The normalized spacial score (nSPS) is 11.7. The summed E-state index contributed by atoms with van der Waals surface area (Å²) < 4.78 is 10.1. The minimum Gasteiger partial charge on any atom is -0.481 e. The molecule has 1 aromatic carbocycles. The van der Waals surface area contributed by atoms with Crippen molar-refractivity contribution in [3.63, 3.8) is 0 Å². The minimum atomic E-state index is -0.992. The number of carboxylic acid groups (broad SMARTS) is 1. The first-order valence-corrected chi connectivity index (χ1v) is 6.37. The lowest BCUT2D eigenvalue weighted by Crippen LogP contribution is -2.18. The second kappa shape index (κ2) is 6.69. The van der Waals surface area contributed by atoms with Crippen LogP contribution < -0.4 is 9.47 Å². The van der Waals surface area contributed by atoms with Crippen molar-refractivity contribution in [3.05, 3.63) is 47.8 Å². The highest BCUT2D eigenvalue weighted by molar-refractivity contribution is 5.75. The number of benzene rings is 1. The van der Waals surface area contributed by atoms with Gasteiger partial charge >= 0.3 is 5.97 Å². The fourth-order valence-corrected chi connectivity index (χ4v) is 1.92. The van der Waals surface area contributed by atoms with E-state index in [4.69, 9.17) is 9.47 Å². The summed E-state index contributed by atoms with van der Waals surface area (Å²) in [5.74, 6) is -1.14. The van der Waals surface area contributed by atoms with Crippen LogP contribution in [0.3, 0.4) is 0 Å². The molecular weight excluding hydrogens is 272 g/mol. The van der Waals surface area contributed by atoms with Crippen LogP contribution in [0, 0.1) is 0 Å². The van der Waals surface area contributed by atoms with Crippen LogP contribution in [0.15, 0.2) is 36.4 Å². The molecule has 6 nitrogen and oxygen atoms in total. The van der Waals surface area contributed by atoms with Crippen LogP contribution in [-0.4, -0.2) is 35.3 Å². The fourth-order valence-electron chi connectivity index (χ4n) is 1.92. The summed E-state index contributed by atoms with van der Waals surface area (Å²) in [7, 11) is 2.91. The number of carboxylic acids is 1. The highest BCUT2D eigenvalue weighted by atomic mass is 16.5. The van der Waals surface area contributed by atoms with E-state index in [9.17, 15) is 9.90 Å². The number of methoxy groups -OCH3 is 2. The molecular formula is C15H16N2O4. The van der Waals surface area contributed by atoms with Gasteiger partial charge in [-0.2, -0.15) is 9.97 Å². The van der Waals surface area contributed by atoms with Gasteiger partial charge in [-0.3, -0.25) is 4.79 Å². The van der Waals surface area contributed by atoms with Crippen LogP contribution in [0.1, 0.15) is 17.3 Å². The second-order valence-electron chi connectivity index (χ2n) is 4.39. The van der Waals surface area contributed by atoms with Gasteiger partial charge < -0.3 is 14.6 Å². The highest BCUT2D eigenvalue weighted by Gasteiger charge is 2.25. The van der Waals surface area contributed by atoms with Gasteiger partial charge in [-0.05, 0) is 12.0 Å². The van der Waals surface area contributed by atoms with Crippen molar-refractivity contribution in [1.29, 1.82) is 0 Å². The van der Waals surface area contributed by atoms with Crippen molar-refractivity contribution in [2.75, 3.05) is 14.2 Å². The molecule has 0 radical (unpaired) electrons. The zero-order valence-electron chi connectivity index (χ0n) is 11.8. The van der Waals surface area contributed by atoms with Crippen LogP contribution in [-0.2, 0) is 11.2 Å². The Morgan fingerprint density at radius 1 is 1.14 bits per heavy atom. The molecule has 6 heteroatoms. The van der Waals surface area contributed by atoms with Gasteiger partial charge in [0.15, 0.2) is 5.82 Å². The number of nitrogens with zero attached hydrogens (tertiary/aromatic N) is 2. The van der Waals surface area contributed by atoms with Crippen molar-refractivity contribution in [3.8, 4) is 11.8 Å². The molecule has 1 aromatic heterocycles. The fraction of sp³-hybridized carbons (Fsp3) is 0.267. The van der Waals surface area contributed by atoms with E-state index in [0.717, 1.165) is 5.56 Å². The van der Waals surface area contributed by atoms with Crippen molar-refractivity contribution >= 4 is 5.97 Å². The maximum absolute atomic E-state index is 11.5. The van der Waals surface area contributed by atoms with Crippen molar-refractivity contribution in [2.24, 2.45) is 0 Å². The molecule has 0 saturated carbocycles. The third kappa shape index (κ3) is 3.68. The number of carbonyl (C=O) groups is 1. The van der Waals surface area contributed by atoms with Gasteiger partial charge in [-0.15, -0.1) is 0 Å². The van der Waals surface area contributed by atoms with Crippen molar-refractivity contribution in [2.45, 2.75) is 12.3 Å². The third-order valence-corrected chi connectivity index (χ3v) is 3.01. The molecule has 1 N–H and O–H groups in total. The van der Waals surface area contributed by atoms with E-state index >= 15 is 0 Å². The Labute approximate surface area is 122 Å². The number of aromatic nitrogens is 2. The predicted octanol–water partition coefficient (Wildman–Crippen LogP) is 1.90. The van der Waals surface area contributed by atoms with Gasteiger partial charge in [-0.25, -0.2) is 0 Å². The molecule has 21 heavy (non-hydrogen) atoms. The van der Waals surface area contributed by atoms with Crippen LogP contribution >= 0.6 is 0 Å². The van der Waals surface area contributed by atoms with E-state index in [0.29, 0.717) is 6.42 Å². The lowest BCUT2D eigenvalue weighted by atomic mass is 9.98. The Hall–Kier alpha value is -2.63. The lowest BCUT2D eigenvalue weighted by Gasteiger charge is -2.13. The first kappa shape index (κ1) is 14.8. The van der Waals surface area contributed by atoms with E-state index in [2.05, 4.69) is 9.97 Å². The smallest absolute Gasteiger partial charge is 0.314 e. The average molecular weight is 288 g/mol. The first-order chi connectivity index (χ1) is 10.1. The summed E-state index contributed by atoms with van der Waals surface area (Å²) in [6, 6.07) is 10.8. The predicted molar refractivity (Wildman–Crippen MR) is 75.7 cm³/mol. The maximum Gasteiger partial charge on any atom is 0.314 e. The molecule has 1 unspecified atom stereocenters. The summed E-state index contributed by atoms with van der Waals surface area (Å²) in [4.78, 5) is 19.8. The molecule has 0 amide bonds. The third-order valence-electron chi connectivity index (χ3n) is 3.01. The van der Waals surface area contributed by atoms with Gasteiger partial charge in [0.2, 0.25) is 11.8 Å². The zero-order valence-corrected chi connectivity index (χ0v) is 11.8. The standard InChI is InChI=1S/C15H16N2O4/c1-20-12-9-13(21-2)17-14(16-12)11(15(18)19)8-10-6-4-3-5-7-10/h3-7,9,11H,8H2,1-2H3,(H,18,19). The Bertz CT molecular complexity index is 594. The van der Waals surface area contributed by atoms with E-state index in [-0.39, 0.29) is 17.6 Å². The largest absolute Gasteiger partial charge is 0.481 e. The highest BCUT2D eigenvalue weighted by Crippen LogP contribution is 2.23. The second-order valence-corrected chi connectivity index (χ2v) is 4.39. The summed E-state index contributed by atoms with van der Waals surface area (Å²) in [5.41, 5.74) is 0.898. The minimum absolute atomic E-state index is 0.169. The molecule has 0 spiro atoms. The zero-order chi connectivity index (χ0) is 15.2.